The number of furan rings is 1. The van der Waals surface area contributed by atoms with E-state index in [1.165, 1.54) is 0 Å². The Hall–Kier alpha value is -2.74. The zero-order chi connectivity index (χ0) is 15.5. The molecule has 0 saturated heterocycles. The molecule has 0 atom stereocenters. The van der Waals surface area contributed by atoms with Gasteiger partial charge in [0, 0.05) is 5.56 Å². The average molecular weight is 317 g/mol. The van der Waals surface area contributed by atoms with Crippen molar-refractivity contribution in [2.24, 2.45) is 0 Å². The van der Waals surface area contributed by atoms with Gasteiger partial charge < -0.3 is 19.6 Å². The molecule has 1 aromatic carbocycles. The van der Waals surface area contributed by atoms with Crippen LogP contribution in [-0.4, -0.2) is 37.1 Å². The second-order valence-electron chi connectivity index (χ2n) is 4.38. The molecule has 0 aliphatic rings. The molecule has 3 rings (SSSR count). The predicted octanol–water partition coefficient (Wildman–Crippen LogP) is 2.61. The van der Waals surface area contributed by atoms with Crippen LogP contribution >= 0.6 is 11.8 Å². The third-order valence-electron chi connectivity index (χ3n) is 2.77. The fraction of sp³-hybridized carbons (Fsp3) is 0.0714. The number of rotatable bonds is 5. The van der Waals surface area contributed by atoms with E-state index in [1.807, 2.05) is 6.07 Å². The first-order chi connectivity index (χ1) is 10.6. The lowest BCUT2D eigenvalue weighted by atomic mass is 10.2. The highest BCUT2D eigenvalue weighted by atomic mass is 32.2. The Morgan fingerprint density at radius 2 is 2.05 bits per heavy atom. The number of carboxylic acids is 1. The number of aromatic hydroxyl groups is 1. The zero-order valence-corrected chi connectivity index (χ0v) is 12.0. The molecule has 0 aliphatic heterocycles. The first-order valence-electron chi connectivity index (χ1n) is 6.29. The highest BCUT2D eigenvalue weighted by Crippen LogP contribution is 2.29. The van der Waals surface area contributed by atoms with Gasteiger partial charge in [0.1, 0.15) is 11.5 Å². The minimum Gasteiger partial charge on any atom is -0.508 e. The van der Waals surface area contributed by atoms with Crippen LogP contribution in [0, 0.1) is 0 Å². The van der Waals surface area contributed by atoms with Gasteiger partial charge in [-0.25, -0.2) is 0 Å². The standard InChI is InChI=1S/C14H11N3O4S/c18-9-3-1-2-8(6-9)10-4-5-11(21-10)13-15-14(17-16-13)22-7-12(19)20/h1-6,18H,7H2,(H,19,20)(H,15,16,17). The first-order valence-corrected chi connectivity index (χ1v) is 7.27. The summed E-state index contributed by atoms with van der Waals surface area (Å²) in [5.74, 6) is 0.616. The minimum atomic E-state index is -0.924. The van der Waals surface area contributed by atoms with Crippen LogP contribution in [0.4, 0.5) is 0 Å². The summed E-state index contributed by atoms with van der Waals surface area (Å²) in [6, 6.07) is 10.2. The van der Waals surface area contributed by atoms with Crippen molar-refractivity contribution in [2.75, 3.05) is 5.75 Å². The summed E-state index contributed by atoms with van der Waals surface area (Å²) in [6.07, 6.45) is 0. The number of thioether (sulfide) groups is 1. The Bertz CT molecular complexity index is 812. The van der Waals surface area contributed by atoms with Gasteiger partial charge in [0.05, 0.1) is 5.75 Å². The monoisotopic (exact) mass is 317 g/mol. The summed E-state index contributed by atoms with van der Waals surface area (Å²) in [6.45, 7) is 0. The molecule has 0 spiro atoms. The Labute approximate surface area is 129 Å². The summed E-state index contributed by atoms with van der Waals surface area (Å²) < 4.78 is 5.68. The molecule has 2 aromatic heterocycles. The van der Waals surface area contributed by atoms with Gasteiger partial charge in [-0.05, 0) is 24.3 Å². The number of aromatic nitrogens is 3. The SMILES string of the molecule is O=C(O)CSc1nnc(-c2ccc(-c3cccc(O)c3)o2)[nH]1. The number of nitrogens with zero attached hydrogens (tertiary/aromatic N) is 2. The van der Waals surface area contributed by atoms with E-state index in [1.54, 1.807) is 30.3 Å². The molecule has 0 unspecified atom stereocenters. The van der Waals surface area contributed by atoms with Crippen LogP contribution in [0.15, 0.2) is 46.0 Å². The number of carboxylic acid groups (broad SMARTS) is 1. The number of benzene rings is 1. The Balaban J connectivity index is 1.80. The van der Waals surface area contributed by atoms with Gasteiger partial charge >= 0.3 is 5.97 Å². The summed E-state index contributed by atoms with van der Waals surface area (Å²) in [5, 5.41) is 26.3. The molecular formula is C14H11N3O4S. The van der Waals surface area contributed by atoms with Crippen molar-refractivity contribution in [2.45, 2.75) is 5.16 Å². The van der Waals surface area contributed by atoms with Crippen LogP contribution in [0.3, 0.4) is 0 Å². The van der Waals surface area contributed by atoms with E-state index in [9.17, 15) is 9.90 Å². The second-order valence-corrected chi connectivity index (χ2v) is 5.34. The van der Waals surface area contributed by atoms with E-state index in [4.69, 9.17) is 9.52 Å². The van der Waals surface area contributed by atoms with E-state index >= 15 is 0 Å². The van der Waals surface area contributed by atoms with Gasteiger partial charge in [0.2, 0.25) is 0 Å². The molecule has 0 fully saturated rings. The van der Waals surface area contributed by atoms with Gasteiger partial charge in [-0.3, -0.25) is 4.79 Å². The molecule has 22 heavy (non-hydrogen) atoms. The maximum Gasteiger partial charge on any atom is 0.313 e. The first kappa shape index (κ1) is 14.2. The quantitative estimate of drug-likeness (QED) is 0.620. The normalized spacial score (nSPS) is 10.7. The number of carbonyl (C=O) groups is 1. The summed E-state index contributed by atoms with van der Waals surface area (Å²) in [5.41, 5.74) is 0.742. The van der Waals surface area contributed by atoms with E-state index < -0.39 is 5.97 Å². The Morgan fingerprint density at radius 3 is 2.82 bits per heavy atom. The number of nitrogens with one attached hydrogen (secondary N) is 1. The number of aromatic amines is 1. The number of phenols is 1. The molecule has 0 radical (unpaired) electrons. The van der Waals surface area contributed by atoms with Crippen molar-refractivity contribution < 1.29 is 19.4 Å². The third kappa shape index (κ3) is 3.12. The van der Waals surface area contributed by atoms with Crippen molar-refractivity contribution in [3.63, 3.8) is 0 Å². The molecule has 0 aliphatic carbocycles. The molecule has 112 valence electrons. The van der Waals surface area contributed by atoms with E-state index in [0.29, 0.717) is 22.5 Å². The van der Waals surface area contributed by atoms with E-state index in [2.05, 4.69) is 15.2 Å². The van der Waals surface area contributed by atoms with Crippen LogP contribution in [0.1, 0.15) is 0 Å². The molecule has 3 aromatic rings. The minimum absolute atomic E-state index is 0.0959. The smallest absolute Gasteiger partial charge is 0.313 e. The molecule has 0 bridgehead atoms. The number of H-pyrrole nitrogens is 1. The van der Waals surface area contributed by atoms with E-state index in [0.717, 1.165) is 17.3 Å². The predicted molar refractivity (Wildman–Crippen MR) is 79.5 cm³/mol. The molecular weight excluding hydrogens is 306 g/mol. The summed E-state index contributed by atoms with van der Waals surface area (Å²) in [4.78, 5) is 13.4. The number of hydrogen-bond acceptors (Lipinski definition) is 6. The van der Waals surface area contributed by atoms with Crippen LogP contribution in [0.25, 0.3) is 22.9 Å². The lowest BCUT2D eigenvalue weighted by Crippen LogP contribution is -1.97. The van der Waals surface area contributed by atoms with E-state index in [-0.39, 0.29) is 11.5 Å². The third-order valence-corrected chi connectivity index (χ3v) is 3.62. The largest absolute Gasteiger partial charge is 0.508 e. The molecule has 0 amide bonds. The number of phenolic OH excluding ortho intramolecular Hbond substituents is 1. The number of aliphatic carboxylic acids is 1. The van der Waals surface area contributed by atoms with Gasteiger partial charge in [-0.15, -0.1) is 10.2 Å². The van der Waals surface area contributed by atoms with Gasteiger partial charge in [-0.1, -0.05) is 23.9 Å². The Kier molecular flexibility index (Phi) is 3.84. The van der Waals surface area contributed by atoms with Crippen LogP contribution < -0.4 is 0 Å². The lowest BCUT2D eigenvalue weighted by Gasteiger charge is -1.97. The topological polar surface area (TPSA) is 112 Å². The van der Waals surface area contributed by atoms with Gasteiger partial charge in [-0.2, -0.15) is 0 Å². The van der Waals surface area contributed by atoms with Gasteiger partial charge in [0.25, 0.3) is 0 Å². The highest BCUT2D eigenvalue weighted by Gasteiger charge is 2.12. The van der Waals surface area contributed by atoms with Gasteiger partial charge in [0.15, 0.2) is 16.7 Å². The van der Waals surface area contributed by atoms with Crippen molar-refractivity contribution in [1.82, 2.24) is 15.2 Å². The van der Waals surface area contributed by atoms with Crippen molar-refractivity contribution in [1.29, 1.82) is 0 Å². The lowest BCUT2D eigenvalue weighted by molar-refractivity contribution is -0.133. The fourth-order valence-electron chi connectivity index (χ4n) is 1.83. The highest BCUT2D eigenvalue weighted by molar-refractivity contribution is 7.99. The van der Waals surface area contributed by atoms with Crippen LogP contribution in [-0.2, 0) is 4.79 Å². The van der Waals surface area contributed by atoms with Crippen LogP contribution in [0.5, 0.6) is 5.75 Å². The molecule has 8 heteroatoms. The maximum atomic E-state index is 10.5. The van der Waals surface area contributed by atoms with Crippen molar-refractivity contribution in [3.05, 3.63) is 36.4 Å². The Morgan fingerprint density at radius 1 is 1.23 bits per heavy atom. The van der Waals surface area contributed by atoms with Crippen molar-refractivity contribution in [3.8, 4) is 28.7 Å². The van der Waals surface area contributed by atoms with Crippen LogP contribution in [0.2, 0.25) is 0 Å². The molecule has 7 nitrogen and oxygen atoms in total. The summed E-state index contributed by atoms with van der Waals surface area (Å²) >= 11 is 1.05. The molecule has 2 heterocycles. The number of hydrogen-bond donors (Lipinski definition) is 3. The average Bonchev–Trinajstić information content (AvgIpc) is 3.14. The molecule has 0 saturated carbocycles. The maximum absolute atomic E-state index is 10.5. The molecule has 3 N–H and O–H groups in total. The fourth-order valence-corrected chi connectivity index (χ4v) is 2.36. The van der Waals surface area contributed by atoms with Crippen molar-refractivity contribution >= 4 is 17.7 Å². The zero-order valence-electron chi connectivity index (χ0n) is 11.2. The second kappa shape index (κ2) is 5.94. The summed E-state index contributed by atoms with van der Waals surface area (Å²) in [7, 11) is 0.